The summed E-state index contributed by atoms with van der Waals surface area (Å²) in [6.07, 6.45) is 0.895. The Balaban J connectivity index is 2.15. The maximum Gasteiger partial charge on any atom is 0.159 e. The van der Waals surface area contributed by atoms with Crippen LogP contribution in [0.1, 0.15) is 5.56 Å². The van der Waals surface area contributed by atoms with Crippen LogP contribution in [0.5, 0.6) is 0 Å². The SMILES string of the molecule is Fc1ccc(CC2CO2)cc1F. The fourth-order valence-corrected chi connectivity index (χ4v) is 1.12. The largest absolute Gasteiger partial charge is 0.373 e. The zero-order valence-corrected chi connectivity index (χ0v) is 6.39. The number of halogens is 2. The number of epoxide rings is 1. The maximum absolute atomic E-state index is 12.6. The van der Waals surface area contributed by atoms with E-state index in [4.69, 9.17) is 4.74 Å². The van der Waals surface area contributed by atoms with E-state index in [1.54, 1.807) is 6.07 Å². The standard InChI is InChI=1S/C9H8F2O/c10-8-2-1-6(4-9(8)11)3-7-5-12-7/h1-2,4,7H,3,5H2. The zero-order chi connectivity index (χ0) is 8.55. The van der Waals surface area contributed by atoms with Crippen LogP contribution in [0.15, 0.2) is 18.2 Å². The lowest BCUT2D eigenvalue weighted by molar-refractivity contribution is 0.407. The molecule has 0 aliphatic carbocycles. The minimum Gasteiger partial charge on any atom is -0.373 e. The predicted molar refractivity (Wildman–Crippen MR) is 39.8 cm³/mol. The molecule has 12 heavy (non-hydrogen) atoms. The molecule has 1 aromatic carbocycles. The van der Waals surface area contributed by atoms with Gasteiger partial charge in [-0.25, -0.2) is 8.78 Å². The van der Waals surface area contributed by atoms with E-state index in [9.17, 15) is 8.78 Å². The summed E-state index contributed by atoms with van der Waals surface area (Å²) in [6.45, 7) is 0.735. The van der Waals surface area contributed by atoms with Crippen LogP contribution in [0.25, 0.3) is 0 Å². The first-order valence-electron chi connectivity index (χ1n) is 3.81. The average molecular weight is 170 g/mol. The molecule has 1 nitrogen and oxygen atoms in total. The van der Waals surface area contributed by atoms with E-state index < -0.39 is 11.6 Å². The van der Waals surface area contributed by atoms with Gasteiger partial charge in [-0.3, -0.25) is 0 Å². The van der Waals surface area contributed by atoms with Crippen LogP contribution in [0, 0.1) is 11.6 Å². The second kappa shape index (κ2) is 2.83. The molecule has 1 atom stereocenters. The molecule has 0 radical (unpaired) electrons. The number of hydrogen-bond donors (Lipinski definition) is 0. The Morgan fingerprint density at radius 1 is 1.33 bits per heavy atom. The van der Waals surface area contributed by atoms with E-state index in [0.29, 0.717) is 6.42 Å². The molecule has 2 rings (SSSR count). The van der Waals surface area contributed by atoms with Crippen molar-refractivity contribution in [3.05, 3.63) is 35.4 Å². The Hall–Kier alpha value is -0.960. The summed E-state index contributed by atoms with van der Waals surface area (Å²) < 4.78 is 30.0. The van der Waals surface area contributed by atoms with E-state index in [0.717, 1.165) is 18.2 Å². The van der Waals surface area contributed by atoms with Gasteiger partial charge >= 0.3 is 0 Å². The highest BCUT2D eigenvalue weighted by atomic mass is 19.2. The fourth-order valence-electron chi connectivity index (χ4n) is 1.12. The Morgan fingerprint density at radius 3 is 2.67 bits per heavy atom. The van der Waals surface area contributed by atoms with Crippen LogP contribution in [-0.4, -0.2) is 12.7 Å². The second-order valence-corrected chi connectivity index (χ2v) is 2.91. The summed E-state index contributed by atoms with van der Waals surface area (Å²) >= 11 is 0. The second-order valence-electron chi connectivity index (χ2n) is 2.91. The lowest BCUT2D eigenvalue weighted by Crippen LogP contribution is -1.94. The van der Waals surface area contributed by atoms with Gasteiger partial charge < -0.3 is 4.74 Å². The quantitative estimate of drug-likeness (QED) is 0.617. The number of hydrogen-bond acceptors (Lipinski definition) is 1. The molecule has 0 saturated carbocycles. The van der Waals surface area contributed by atoms with Gasteiger partial charge in [0.05, 0.1) is 12.7 Å². The van der Waals surface area contributed by atoms with Gasteiger partial charge in [-0.2, -0.15) is 0 Å². The van der Waals surface area contributed by atoms with Crippen LogP contribution >= 0.6 is 0 Å². The first-order chi connectivity index (χ1) is 5.75. The third-order valence-corrected chi connectivity index (χ3v) is 1.85. The van der Waals surface area contributed by atoms with Gasteiger partial charge in [0.25, 0.3) is 0 Å². The van der Waals surface area contributed by atoms with Crippen molar-refractivity contribution in [1.82, 2.24) is 0 Å². The summed E-state index contributed by atoms with van der Waals surface area (Å²) in [4.78, 5) is 0. The Labute approximate surface area is 69.0 Å². The first-order valence-corrected chi connectivity index (χ1v) is 3.81. The monoisotopic (exact) mass is 170 g/mol. The molecule has 1 aromatic rings. The normalized spacial score (nSPS) is 21.0. The van der Waals surface area contributed by atoms with Crippen LogP contribution in [0.4, 0.5) is 8.78 Å². The van der Waals surface area contributed by atoms with E-state index >= 15 is 0 Å². The summed E-state index contributed by atoms with van der Waals surface area (Å²) in [6, 6.07) is 3.95. The molecule has 1 aliphatic rings. The van der Waals surface area contributed by atoms with Crippen molar-refractivity contribution >= 4 is 0 Å². The van der Waals surface area contributed by atoms with Crippen molar-refractivity contribution in [3.63, 3.8) is 0 Å². The highest BCUT2D eigenvalue weighted by molar-refractivity contribution is 5.19. The van der Waals surface area contributed by atoms with Crippen molar-refractivity contribution in [2.45, 2.75) is 12.5 Å². The van der Waals surface area contributed by atoms with Gasteiger partial charge in [-0.1, -0.05) is 6.07 Å². The van der Waals surface area contributed by atoms with E-state index in [2.05, 4.69) is 0 Å². The Kier molecular flexibility index (Phi) is 1.81. The highest BCUT2D eigenvalue weighted by Crippen LogP contribution is 2.17. The Bertz CT molecular complexity index is 295. The third-order valence-electron chi connectivity index (χ3n) is 1.85. The molecule has 64 valence electrons. The van der Waals surface area contributed by atoms with Crippen molar-refractivity contribution in [1.29, 1.82) is 0 Å². The summed E-state index contributed by atoms with van der Waals surface area (Å²) in [5.74, 6) is -1.58. The van der Waals surface area contributed by atoms with Gasteiger partial charge in [0, 0.05) is 6.42 Å². The number of benzene rings is 1. The molecule has 1 aliphatic heterocycles. The minimum absolute atomic E-state index is 0.217. The summed E-state index contributed by atoms with van der Waals surface area (Å²) in [5.41, 5.74) is 0.788. The van der Waals surface area contributed by atoms with E-state index in [-0.39, 0.29) is 6.10 Å². The molecule has 0 amide bonds. The lowest BCUT2D eigenvalue weighted by Gasteiger charge is -1.98. The lowest BCUT2D eigenvalue weighted by atomic mass is 10.1. The fraction of sp³-hybridized carbons (Fsp3) is 0.333. The van der Waals surface area contributed by atoms with Gasteiger partial charge in [-0.15, -0.1) is 0 Å². The molecule has 1 fully saturated rings. The van der Waals surface area contributed by atoms with Gasteiger partial charge in [-0.05, 0) is 17.7 Å². The molecular formula is C9H8F2O. The Morgan fingerprint density at radius 2 is 2.08 bits per heavy atom. The van der Waals surface area contributed by atoms with Gasteiger partial charge in [0.15, 0.2) is 11.6 Å². The highest BCUT2D eigenvalue weighted by Gasteiger charge is 2.22. The summed E-state index contributed by atoms with van der Waals surface area (Å²) in [5, 5.41) is 0. The molecule has 0 N–H and O–H groups in total. The first kappa shape index (κ1) is 7.68. The van der Waals surface area contributed by atoms with E-state index in [1.165, 1.54) is 6.07 Å². The molecule has 1 saturated heterocycles. The number of rotatable bonds is 2. The molecule has 3 heteroatoms. The van der Waals surface area contributed by atoms with Gasteiger partial charge in [0.2, 0.25) is 0 Å². The van der Waals surface area contributed by atoms with E-state index in [1.807, 2.05) is 0 Å². The zero-order valence-electron chi connectivity index (χ0n) is 6.39. The van der Waals surface area contributed by atoms with Crippen molar-refractivity contribution in [3.8, 4) is 0 Å². The third kappa shape index (κ3) is 1.61. The van der Waals surface area contributed by atoms with Crippen LogP contribution in [-0.2, 0) is 11.2 Å². The average Bonchev–Trinajstić information content (AvgIpc) is 2.81. The molecule has 1 heterocycles. The van der Waals surface area contributed by atoms with Crippen molar-refractivity contribution < 1.29 is 13.5 Å². The van der Waals surface area contributed by atoms with Crippen molar-refractivity contribution in [2.24, 2.45) is 0 Å². The van der Waals surface area contributed by atoms with Gasteiger partial charge in [0.1, 0.15) is 0 Å². The topological polar surface area (TPSA) is 12.5 Å². The molecule has 0 aromatic heterocycles. The number of ether oxygens (including phenoxy) is 1. The van der Waals surface area contributed by atoms with Crippen LogP contribution in [0.2, 0.25) is 0 Å². The summed E-state index contributed by atoms with van der Waals surface area (Å²) in [7, 11) is 0. The van der Waals surface area contributed by atoms with Crippen LogP contribution < -0.4 is 0 Å². The maximum atomic E-state index is 12.6. The molecular weight excluding hydrogens is 162 g/mol. The smallest absolute Gasteiger partial charge is 0.159 e. The minimum atomic E-state index is -0.796. The molecule has 1 unspecified atom stereocenters. The van der Waals surface area contributed by atoms with Crippen LogP contribution in [0.3, 0.4) is 0 Å². The molecule has 0 spiro atoms. The molecule has 0 bridgehead atoms. The van der Waals surface area contributed by atoms with Crippen molar-refractivity contribution in [2.75, 3.05) is 6.61 Å². The predicted octanol–water partition coefficient (Wildman–Crippen LogP) is 1.91.